The van der Waals surface area contributed by atoms with Crippen molar-refractivity contribution in [2.75, 3.05) is 5.32 Å². The van der Waals surface area contributed by atoms with Gasteiger partial charge in [0.25, 0.3) is 5.91 Å². The highest BCUT2D eigenvalue weighted by Gasteiger charge is 2.20. The number of carboxylic acids is 1. The summed E-state index contributed by atoms with van der Waals surface area (Å²) in [5, 5.41) is 11.7. The van der Waals surface area contributed by atoms with Crippen molar-refractivity contribution in [3.63, 3.8) is 0 Å². The van der Waals surface area contributed by atoms with E-state index in [0.717, 1.165) is 0 Å². The summed E-state index contributed by atoms with van der Waals surface area (Å²) >= 11 is 5.93. The average Bonchev–Trinajstić information content (AvgIpc) is 2.70. The first-order chi connectivity index (χ1) is 9.40. The lowest BCUT2D eigenvalue weighted by Crippen LogP contribution is -2.15. The van der Waals surface area contributed by atoms with Crippen LogP contribution >= 0.6 is 11.6 Å². The topological polar surface area (TPSA) is 92.4 Å². The van der Waals surface area contributed by atoms with Crippen molar-refractivity contribution in [3.05, 3.63) is 46.1 Å². The lowest BCUT2D eigenvalue weighted by Gasteiger charge is -2.09. The van der Waals surface area contributed by atoms with Gasteiger partial charge in [0, 0.05) is 6.92 Å². The number of amides is 1. The van der Waals surface area contributed by atoms with E-state index in [4.69, 9.17) is 21.1 Å². The Morgan fingerprint density at radius 2 is 2.05 bits per heavy atom. The van der Waals surface area contributed by atoms with Crippen LogP contribution in [0.5, 0.6) is 0 Å². The number of benzene rings is 1. The van der Waals surface area contributed by atoms with Gasteiger partial charge < -0.3 is 14.8 Å². The fraction of sp³-hybridized carbons (Fsp3) is 0.154. The second kappa shape index (κ2) is 5.34. The van der Waals surface area contributed by atoms with Crippen LogP contribution in [0.15, 0.2) is 22.6 Å². The van der Waals surface area contributed by atoms with E-state index >= 15 is 0 Å². The number of nitrogens with zero attached hydrogens (tertiary/aromatic N) is 1. The number of hydrogen-bond acceptors (Lipinski definition) is 4. The zero-order valence-corrected chi connectivity index (χ0v) is 11.5. The summed E-state index contributed by atoms with van der Waals surface area (Å²) in [6, 6.07) is 4.33. The van der Waals surface area contributed by atoms with Crippen LogP contribution in [0.3, 0.4) is 0 Å². The molecular weight excluding hydrogens is 284 g/mol. The Bertz CT molecular complexity index is 694. The molecule has 0 saturated heterocycles. The Kier molecular flexibility index (Phi) is 3.76. The molecule has 0 bridgehead atoms. The van der Waals surface area contributed by atoms with Crippen molar-refractivity contribution in [2.45, 2.75) is 13.8 Å². The van der Waals surface area contributed by atoms with Crippen molar-refractivity contribution < 1.29 is 19.1 Å². The zero-order chi connectivity index (χ0) is 14.9. The molecule has 2 rings (SSSR count). The van der Waals surface area contributed by atoms with Gasteiger partial charge in [0.15, 0.2) is 5.89 Å². The first-order valence-corrected chi connectivity index (χ1v) is 6.05. The van der Waals surface area contributed by atoms with Gasteiger partial charge in [-0.2, -0.15) is 0 Å². The number of aromatic nitrogens is 1. The first-order valence-electron chi connectivity index (χ1n) is 5.67. The summed E-state index contributed by atoms with van der Waals surface area (Å²) in [5.41, 5.74) is 0.351. The molecule has 0 unspecified atom stereocenters. The van der Waals surface area contributed by atoms with Crippen molar-refractivity contribution in [1.82, 2.24) is 4.98 Å². The number of carbonyl (C=O) groups excluding carboxylic acids is 1. The maximum Gasteiger partial charge on any atom is 0.337 e. The highest BCUT2D eigenvalue weighted by atomic mass is 35.5. The Morgan fingerprint density at radius 3 is 2.60 bits per heavy atom. The third-order valence-corrected chi connectivity index (χ3v) is 2.91. The first kappa shape index (κ1) is 14.1. The molecule has 0 aliphatic carbocycles. The number of oxazole rings is 1. The van der Waals surface area contributed by atoms with E-state index in [1.165, 1.54) is 18.2 Å². The van der Waals surface area contributed by atoms with Crippen molar-refractivity contribution in [2.24, 2.45) is 0 Å². The smallest absolute Gasteiger partial charge is 0.337 e. The number of aryl methyl sites for hydroxylation is 2. The van der Waals surface area contributed by atoms with Gasteiger partial charge in [0.2, 0.25) is 5.76 Å². The van der Waals surface area contributed by atoms with Gasteiger partial charge in [-0.25, -0.2) is 9.78 Å². The third-order valence-electron chi connectivity index (χ3n) is 2.59. The lowest BCUT2D eigenvalue weighted by atomic mass is 10.1. The standard InChI is InChI=1S/C13H11ClN2O4/c1-6-11(20-7(2)15-6)12(17)16-10-8(13(18)19)4-3-5-9(10)14/h3-5H,1-2H3,(H,16,17)(H,18,19). The number of para-hydroxylation sites is 1. The number of nitrogens with one attached hydrogen (secondary N) is 1. The van der Waals surface area contributed by atoms with Gasteiger partial charge in [-0.05, 0) is 19.1 Å². The minimum absolute atomic E-state index is 0.0266. The van der Waals surface area contributed by atoms with E-state index in [0.29, 0.717) is 11.6 Å². The largest absolute Gasteiger partial charge is 0.478 e. The predicted octanol–water partition coefficient (Wildman–Crippen LogP) is 2.90. The second-order valence-electron chi connectivity index (χ2n) is 4.07. The number of halogens is 1. The maximum atomic E-state index is 12.1. The maximum absolute atomic E-state index is 12.1. The number of hydrogen-bond donors (Lipinski definition) is 2. The summed E-state index contributed by atoms with van der Waals surface area (Å²) in [6.07, 6.45) is 0. The summed E-state index contributed by atoms with van der Waals surface area (Å²) in [5.74, 6) is -1.41. The normalized spacial score (nSPS) is 10.3. The molecule has 1 aromatic carbocycles. The molecule has 1 amide bonds. The number of carbonyl (C=O) groups is 2. The third kappa shape index (κ3) is 2.65. The molecule has 20 heavy (non-hydrogen) atoms. The molecule has 1 heterocycles. The van der Waals surface area contributed by atoms with Crippen LogP contribution < -0.4 is 5.32 Å². The lowest BCUT2D eigenvalue weighted by molar-refractivity contribution is 0.0698. The monoisotopic (exact) mass is 294 g/mol. The summed E-state index contributed by atoms with van der Waals surface area (Å²) < 4.78 is 5.17. The summed E-state index contributed by atoms with van der Waals surface area (Å²) in [7, 11) is 0. The molecule has 7 heteroatoms. The van der Waals surface area contributed by atoms with Gasteiger partial charge in [-0.1, -0.05) is 17.7 Å². The number of aromatic carboxylic acids is 1. The van der Waals surface area contributed by atoms with Gasteiger partial charge in [0.05, 0.1) is 22.0 Å². The van der Waals surface area contributed by atoms with Crippen LogP contribution in [0, 0.1) is 13.8 Å². The Balaban J connectivity index is 2.37. The van der Waals surface area contributed by atoms with Crippen LogP contribution in [0.2, 0.25) is 5.02 Å². The molecule has 0 fully saturated rings. The molecule has 0 aliphatic heterocycles. The second-order valence-corrected chi connectivity index (χ2v) is 4.48. The molecular formula is C13H11ClN2O4. The van der Waals surface area contributed by atoms with Crippen molar-refractivity contribution in [1.29, 1.82) is 0 Å². The van der Waals surface area contributed by atoms with Crippen molar-refractivity contribution >= 4 is 29.2 Å². The van der Waals surface area contributed by atoms with Crippen molar-refractivity contribution in [3.8, 4) is 0 Å². The molecule has 6 nitrogen and oxygen atoms in total. The van der Waals surface area contributed by atoms with Gasteiger partial charge >= 0.3 is 5.97 Å². The molecule has 1 aromatic heterocycles. The molecule has 0 radical (unpaired) electrons. The molecule has 0 saturated carbocycles. The number of anilines is 1. The van der Waals surface area contributed by atoms with Gasteiger partial charge in [-0.15, -0.1) is 0 Å². The predicted molar refractivity (Wildman–Crippen MR) is 72.3 cm³/mol. The van der Waals surface area contributed by atoms with Crippen LogP contribution in [-0.2, 0) is 0 Å². The molecule has 0 spiro atoms. The molecule has 2 aromatic rings. The van der Waals surface area contributed by atoms with Gasteiger partial charge in [-0.3, -0.25) is 4.79 Å². The highest BCUT2D eigenvalue weighted by molar-refractivity contribution is 6.34. The van der Waals surface area contributed by atoms with Crippen LogP contribution in [0.4, 0.5) is 5.69 Å². The Labute approximate surface area is 119 Å². The van der Waals surface area contributed by atoms with Crippen LogP contribution in [-0.4, -0.2) is 22.0 Å². The van der Waals surface area contributed by atoms with E-state index in [1.807, 2.05) is 0 Å². The minimum atomic E-state index is -1.19. The zero-order valence-electron chi connectivity index (χ0n) is 10.7. The molecule has 104 valence electrons. The van der Waals surface area contributed by atoms with E-state index in [-0.39, 0.29) is 22.0 Å². The summed E-state index contributed by atoms with van der Waals surface area (Å²) in [6.45, 7) is 3.23. The quantitative estimate of drug-likeness (QED) is 0.908. The number of rotatable bonds is 3. The fourth-order valence-electron chi connectivity index (χ4n) is 1.74. The minimum Gasteiger partial charge on any atom is -0.478 e. The average molecular weight is 295 g/mol. The van der Waals surface area contributed by atoms with Crippen LogP contribution in [0.25, 0.3) is 0 Å². The van der Waals surface area contributed by atoms with E-state index in [9.17, 15) is 9.59 Å². The molecule has 0 atom stereocenters. The van der Waals surface area contributed by atoms with E-state index in [2.05, 4.69) is 10.3 Å². The summed E-state index contributed by atoms with van der Waals surface area (Å²) in [4.78, 5) is 27.2. The fourth-order valence-corrected chi connectivity index (χ4v) is 1.96. The Morgan fingerprint density at radius 1 is 1.35 bits per heavy atom. The Hall–Kier alpha value is -2.34. The molecule has 0 aliphatic rings. The SMILES string of the molecule is Cc1nc(C)c(C(=O)Nc2c(Cl)cccc2C(=O)O)o1. The van der Waals surface area contributed by atoms with Crippen LogP contribution in [0.1, 0.15) is 32.5 Å². The number of carboxylic acid groups (broad SMARTS) is 1. The molecule has 2 N–H and O–H groups in total. The van der Waals surface area contributed by atoms with Gasteiger partial charge in [0.1, 0.15) is 0 Å². The highest BCUT2D eigenvalue weighted by Crippen LogP contribution is 2.27. The van der Waals surface area contributed by atoms with E-state index in [1.54, 1.807) is 13.8 Å². The van der Waals surface area contributed by atoms with E-state index < -0.39 is 11.9 Å².